The summed E-state index contributed by atoms with van der Waals surface area (Å²) in [5.41, 5.74) is 4.37. The Labute approximate surface area is 204 Å². The van der Waals surface area contributed by atoms with Crippen LogP contribution in [-0.4, -0.2) is 59.0 Å². The van der Waals surface area contributed by atoms with Gasteiger partial charge in [0.15, 0.2) is 5.65 Å². The lowest BCUT2D eigenvalue weighted by Gasteiger charge is -2.49. The van der Waals surface area contributed by atoms with Gasteiger partial charge in [-0.05, 0) is 31.4 Å². The molecule has 0 aliphatic carbocycles. The van der Waals surface area contributed by atoms with Crippen molar-refractivity contribution in [2.45, 2.75) is 58.3 Å². The fraction of sp³-hybridized carbons (Fsp3) is 0.480. The zero-order valence-electron chi connectivity index (χ0n) is 20.7. The van der Waals surface area contributed by atoms with Crippen molar-refractivity contribution in [2.75, 3.05) is 18.0 Å². The lowest BCUT2D eigenvalue weighted by Crippen LogP contribution is -2.58. The molecule has 1 fully saturated rings. The van der Waals surface area contributed by atoms with Crippen LogP contribution in [0.1, 0.15) is 45.2 Å². The summed E-state index contributed by atoms with van der Waals surface area (Å²) >= 11 is 0. The predicted octanol–water partition coefficient (Wildman–Crippen LogP) is 2.74. The molecule has 0 radical (unpaired) electrons. The number of aryl methyl sites for hydroxylation is 1. The van der Waals surface area contributed by atoms with E-state index in [0.717, 1.165) is 48.3 Å². The number of fused-ring (bicyclic) bond motifs is 2. The molecule has 5 rings (SSSR count). The molecule has 0 amide bonds. The van der Waals surface area contributed by atoms with Gasteiger partial charge in [0.05, 0.1) is 23.5 Å². The summed E-state index contributed by atoms with van der Waals surface area (Å²) in [5, 5.41) is 18.1. The zero-order chi connectivity index (χ0) is 24.7. The number of anilines is 1. The average Bonchev–Trinajstić information content (AvgIpc) is 3.52. The molecule has 0 unspecified atom stereocenters. The van der Waals surface area contributed by atoms with E-state index >= 15 is 0 Å². The highest BCUT2D eigenvalue weighted by molar-refractivity contribution is 5.88. The van der Waals surface area contributed by atoms with E-state index in [9.17, 15) is 4.79 Å². The fourth-order valence-corrected chi connectivity index (χ4v) is 5.34. The van der Waals surface area contributed by atoms with Gasteiger partial charge in [-0.2, -0.15) is 15.5 Å². The molecule has 5 heterocycles. The molecule has 4 aromatic rings. The summed E-state index contributed by atoms with van der Waals surface area (Å²) < 4.78 is 5.05. The summed E-state index contributed by atoms with van der Waals surface area (Å²) in [6.07, 6.45) is 7.37. The highest BCUT2D eigenvalue weighted by atomic mass is 16.1. The first kappa shape index (κ1) is 23.1. The van der Waals surface area contributed by atoms with Gasteiger partial charge in [0, 0.05) is 50.5 Å². The molecular formula is C25H31N9O. The molecule has 10 nitrogen and oxygen atoms in total. The third kappa shape index (κ3) is 3.96. The molecule has 0 N–H and O–H groups in total. The lowest BCUT2D eigenvalue weighted by molar-refractivity contribution is 0.101. The van der Waals surface area contributed by atoms with Crippen LogP contribution in [0.2, 0.25) is 0 Å². The Morgan fingerprint density at radius 3 is 2.71 bits per heavy atom. The van der Waals surface area contributed by atoms with E-state index < -0.39 is 0 Å². The number of hydrogen-bond donors (Lipinski definition) is 0. The normalized spacial score (nSPS) is 19.9. The summed E-state index contributed by atoms with van der Waals surface area (Å²) in [6.45, 7) is 8.50. The summed E-state index contributed by atoms with van der Waals surface area (Å²) in [4.78, 5) is 22.1. The molecular weight excluding hydrogens is 442 g/mol. The van der Waals surface area contributed by atoms with E-state index in [0.29, 0.717) is 6.04 Å². The Morgan fingerprint density at radius 1 is 1.17 bits per heavy atom. The van der Waals surface area contributed by atoms with Gasteiger partial charge in [0.2, 0.25) is 0 Å². The van der Waals surface area contributed by atoms with Crippen molar-refractivity contribution in [1.29, 1.82) is 5.26 Å². The molecule has 3 atom stereocenters. The molecule has 0 bridgehead atoms. The van der Waals surface area contributed by atoms with E-state index in [-0.39, 0.29) is 24.2 Å². The monoisotopic (exact) mass is 473 g/mol. The smallest absolute Gasteiger partial charge is 0.252 e. The van der Waals surface area contributed by atoms with Gasteiger partial charge in [-0.15, -0.1) is 0 Å². The molecule has 0 saturated carbocycles. The number of hydrogen-bond acceptors (Lipinski definition) is 7. The third-order valence-electron chi connectivity index (χ3n) is 7.44. The number of rotatable bonds is 6. The Hall–Kier alpha value is -3.71. The van der Waals surface area contributed by atoms with E-state index in [2.05, 4.69) is 64.1 Å². The van der Waals surface area contributed by atoms with Crippen LogP contribution in [0.4, 0.5) is 5.69 Å². The minimum atomic E-state index is -0.0659. The molecule has 0 aromatic carbocycles. The van der Waals surface area contributed by atoms with Gasteiger partial charge in [-0.3, -0.25) is 14.4 Å². The molecule has 1 aliphatic rings. The number of nitriles is 1. The first-order valence-corrected chi connectivity index (χ1v) is 12.2. The van der Waals surface area contributed by atoms with Crippen molar-refractivity contribution in [2.24, 2.45) is 7.05 Å². The van der Waals surface area contributed by atoms with Gasteiger partial charge in [-0.25, -0.2) is 9.50 Å². The predicted molar refractivity (Wildman–Crippen MR) is 134 cm³/mol. The first-order valence-electron chi connectivity index (χ1n) is 12.2. The zero-order valence-corrected chi connectivity index (χ0v) is 20.7. The number of nitrogens with zero attached hydrogens (tertiary/aromatic N) is 9. The maximum atomic E-state index is 12.9. The largest absolute Gasteiger partial charge is 0.364 e. The van der Waals surface area contributed by atoms with Crippen molar-refractivity contribution < 1.29 is 0 Å². The second kappa shape index (κ2) is 9.15. The number of piperazine rings is 1. The minimum absolute atomic E-state index is 0.0659. The Balaban J connectivity index is 1.51. The van der Waals surface area contributed by atoms with E-state index in [1.165, 1.54) is 5.56 Å². The van der Waals surface area contributed by atoms with E-state index in [4.69, 9.17) is 5.26 Å². The van der Waals surface area contributed by atoms with Crippen LogP contribution in [0.25, 0.3) is 16.7 Å². The van der Waals surface area contributed by atoms with Crippen molar-refractivity contribution in [3.05, 3.63) is 52.8 Å². The minimum Gasteiger partial charge on any atom is -0.364 e. The Kier molecular flexibility index (Phi) is 6.03. The van der Waals surface area contributed by atoms with Crippen LogP contribution >= 0.6 is 0 Å². The Morgan fingerprint density at radius 2 is 1.97 bits per heavy atom. The van der Waals surface area contributed by atoms with E-state index in [1.807, 2.05) is 10.6 Å². The van der Waals surface area contributed by atoms with E-state index in [1.54, 1.807) is 34.9 Å². The van der Waals surface area contributed by atoms with Gasteiger partial charge in [0.25, 0.3) is 5.56 Å². The third-order valence-corrected chi connectivity index (χ3v) is 7.44. The van der Waals surface area contributed by atoms with Crippen molar-refractivity contribution in [3.63, 3.8) is 0 Å². The average molecular weight is 474 g/mol. The van der Waals surface area contributed by atoms with Gasteiger partial charge < -0.3 is 9.47 Å². The lowest BCUT2D eigenvalue weighted by atomic mass is 9.97. The maximum Gasteiger partial charge on any atom is 0.252 e. The van der Waals surface area contributed by atoms with Gasteiger partial charge in [0.1, 0.15) is 18.4 Å². The quantitative estimate of drug-likeness (QED) is 0.424. The highest BCUT2D eigenvalue weighted by Gasteiger charge is 2.36. The second-order valence-electron chi connectivity index (χ2n) is 9.32. The Bertz CT molecular complexity index is 1460. The molecule has 1 saturated heterocycles. The summed E-state index contributed by atoms with van der Waals surface area (Å²) in [5.74, 6) is 0. The number of pyridine rings is 2. The van der Waals surface area contributed by atoms with Crippen LogP contribution in [0.15, 0.2) is 41.7 Å². The summed E-state index contributed by atoms with van der Waals surface area (Å²) in [7, 11) is 1.75. The van der Waals surface area contributed by atoms with Crippen LogP contribution in [0, 0.1) is 11.3 Å². The van der Waals surface area contributed by atoms with Crippen molar-refractivity contribution in [1.82, 2.24) is 33.8 Å². The molecule has 35 heavy (non-hydrogen) atoms. The molecule has 1 aliphatic heterocycles. The van der Waals surface area contributed by atoms with Crippen LogP contribution in [-0.2, 0) is 13.6 Å². The van der Waals surface area contributed by atoms with Crippen molar-refractivity contribution >= 4 is 22.4 Å². The van der Waals surface area contributed by atoms with Gasteiger partial charge >= 0.3 is 0 Å². The molecule has 10 heteroatoms. The molecule has 0 spiro atoms. The first-order chi connectivity index (χ1) is 16.9. The van der Waals surface area contributed by atoms with Gasteiger partial charge in [-0.1, -0.05) is 19.9 Å². The van der Waals surface area contributed by atoms with Crippen molar-refractivity contribution in [3.8, 4) is 6.07 Å². The highest BCUT2D eigenvalue weighted by Crippen LogP contribution is 2.34. The van der Waals surface area contributed by atoms with Crippen LogP contribution in [0.3, 0.4) is 0 Å². The molecule has 182 valence electrons. The SMILES string of the molecule is CC[C@H]1CN([C@H](C)c2ccc3ncnn3c2)[C@H](CC)CN1c1cc(=O)n(C)c2cn(CC#N)nc12. The second-order valence-corrected chi connectivity index (χ2v) is 9.32. The summed E-state index contributed by atoms with van der Waals surface area (Å²) in [6, 6.07) is 8.75. The van der Waals surface area contributed by atoms with Crippen LogP contribution in [0.5, 0.6) is 0 Å². The maximum absolute atomic E-state index is 12.9. The fourth-order valence-electron chi connectivity index (χ4n) is 5.34. The van der Waals surface area contributed by atoms with Crippen LogP contribution < -0.4 is 10.5 Å². The topological polar surface area (TPSA) is 100 Å². The molecule has 4 aromatic heterocycles. The number of aromatic nitrogens is 6. The standard InChI is InChI=1S/C25H31N9O/c1-5-19-14-33(21-11-24(35)30(4)22-15-31(10-9-26)29-25(21)22)20(6-2)13-32(19)17(3)18-7-8-23-27-16-28-34(23)12-18/h7-8,11-12,15-17,19-20H,5-6,10,13-14H2,1-4H3/t17-,19-,20+/m1/s1.